The molecule has 1 N–H and O–H groups in total. The van der Waals surface area contributed by atoms with Crippen molar-refractivity contribution in [2.75, 3.05) is 12.1 Å². The van der Waals surface area contributed by atoms with Crippen LogP contribution in [0, 0.1) is 6.92 Å². The molecule has 2 heterocycles. The molecule has 0 unspecified atom stereocenters. The topological polar surface area (TPSA) is 43.4 Å². The minimum absolute atomic E-state index is 0.297. The molecule has 0 saturated carbocycles. The Labute approximate surface area is 119 Å². The highest BCUT2D eigenvalue weighted by Gasteiger charge is 2.16. The molecule has 0 atom stereocenters. The molecule has 0 amide bonds. The van der Waals surface area contributed by atoms with E-state index in [0.29, 0.717) is 13.3 Å². The monoisotopic (exact) mass is 320 g/mol. The largest absolute Gasteiger partial charge is 0.454 e. The Morgan fingerprint density at radius 3 is 3.11 bits per heavy atom. The SMILES string of the molecule is Cc1cc(NCc2cccc3c2OCO3)cnc1Br. The van der Waals surface area contributed by atoms with Crippen molar-refractivity contribution in [3.8, 4) is 11.5 Å². The first-order valence-corrected chi connectivity index (χ1v) is 6.77. The molecule has 0 radical (unpaired) electrons. The van der Waals surface area contributed by atoms with Gasteiger partial charge in [0, 0.05) is 12.1 Å². The van der Waals surface area contributed by atoms with Gasteiger partial charge >= 0.3 is 0 Å². The van der Waals surface area contributed by atoms with Crippen molar-refractivity contribution in [1.82, 2.24) is 4.98 Å². The average molecular weight is 321 g/mol. The van der Waals surface area contributed by atoms with Gasteiger partial charge in [-0.15, -0.1) is 0 Å². The lowest BCUT2D eigenvalue weighted by molar-refractivity contribution is 0.173. The lowest BCUT2D eigenvalue weighted by atomic mass is 10.2. The second-order valence-electron chi connectivity index (χ2n) is 4.34. The van der Waals surface area contributed by atoms with Crippen molar-refractivity contribution < 1.29 is 9.47 Å². The quantitative estimate of drug-likeness (QED) is 0.879. The van der Waals surface area contributed by atoms with Crippen LogP contribution in [0.4, 0.5) is 5.69 Å². The lowest BCUT2D eigenvalue weighted by Gasteiger charge is -2.09. The van der Waals surface area contributed by atoms with Gasteiger partial charge in [-0.05, 0) is 40.5 Å². The van der Waals surface area contributed by atoms with Gasteiger partial charge in [0.2, 0.25) is 6.79 Å². The van der Waals surface area contributed by atoms with Crippen molar-refractivity contribution in [3.63, 3.8) is 0 Å². The molecule has 2 aromatic rings. The van der Waals surface area contributed by atoms with Crippen LogP contribution < -0.4 is 14.8 Å². The summed E-state index contributed by atoms with van der Waals surface area (Å²) in [6.07, 6.45) is 1.80. The number of pyridine rings is 1. The Hall–Kier alpha value is -1.75. The van der Waals surface area contributed by atoms with E-state index in [1.165, 1.54) is 0 Å². The Bertz CT molecular complexity index is 616. The molecule has 1 aliphatic heterocycles. The van der Waals surface area contributed by atoms with E-state index in [-0.39, 0.29) is 0 Å². The van der Waals surface area contributed by atoms with Crippen molar-refractivity contribution in [3.05, 3.63) is 46.2 Å². The summed E-state index contributed by atoms with van der Waals surface area (Å²) in [5.41, 5.74) is 3.16. The number of rotatable bonds is 3. The summed E-state index contributed by atoms with van der Waals surface area (Å²) in [6, 6.07) is 7.96. The van der Waals surface area contributed by atoms with Gasteiger partial charge < -0.3 is 14.8 Å². The van der Waals surface area contributed by atoms with E-state index in [0.717, 1.165) is 32.9 Å². The lowest BCUT2D eigenvalue weighted by Crippen LogP contribution is -2.02. The van der Waals surface area contributed by atoms with Crippen LogP contribution in [-0.4, -0.2) is 11.8 Å². The minimum Gasteiger partial charge on any atom is -0.454 e. The maximum atomic E-state index is 5.48. The number of fused-ring (bicyclic) bond motifs is 1. The van der Waals surface area contributed by atoms with E-state index < -0.39 is 0 Å². The van der Waals surface area contributed by atoms with Crippen molar-refractivity contribution in [1.29, 1.82) is 0 Å². The molecule has 5 heteroatoms. The first-order valence-electron chi connectivity index (χ1n) is 5.97. The fourth-order valence-electron chi connectivity index (χ4n) is 1.98. The molecule has 0 bridgehead atoms. The van der Waals surface area contributed by atoms with Crippen LogP contribution in [0.25, 0.3) is 0 Å². The third-order valence-electron chi connectivity index (χ3n) is 2.98. The Kier molecular flexibility index (Phi) is 3.29. The summed E-state index contributed by atoms with van der Waals surface area (Å²) < 4.78 is 11.7. The summed E-state index contributed by atoms with van der Waals surface area (Å²) in [4.78, 5) is 4.26. The number of hydrogen-bond donors (Lipinski definition) is 1. The molecule has 0 fully saturated rings. The van der Waals surface area contributed by atoms with E-state index in [9.17, 15) is 0 Å². The molecule has 1 aliphatic rings. The van der Waals surface area contributed by atoms with Gasteiger partial charge in [-0.3, -0.25) is 0 Å². The van der Waals surface area contributed by atoms with Crippen LogP contribution in [0.15, 0.2) is 35.1 Å². The zero-order valence-corrected chi connectivity index (χ0v) is 12.0. The molecule has 0 saturated heterocycles. The third kappa shape index (κ3) is 2.51. The van der Waals surface area contributed by atoms with Crippen LogP contribution in [-0.2, 0) is 6.54 Å². The zero-order chi connectivity index (χ0) is 13.2. The van der Waals surface area contributed by atoms with Crippen LogP contribution in [0.2, 0.25) is 0 Å². The normalized spacial score (nSPS) is 12.5. The molecule has 0 aliphatic carbocycles. The van der Waals surface area contributed by atoms with Crippen LogP contribution >= 0.6 is 15.9 Å². The Morgan fingerprint density at radius 1 is 1.37 bits per heavy atom. The first kappa shape index (κ1) is 12.3. The highest BCUT2D eigenvalue weighted by atomic mass is 79.9. The van der Waals surface area contributed by atoms with E-state index in [4.69, 9.17) is 9.47 Å². The first-order chi connectivity index (χ1) is 9.24. The molecule has 0 spiro atoms. The number of halogens is 1. The van der Waals surface area contributed by atoms with E-state index in [1.54, 1.807) is 6.20 Å². The predicted octanol–water partition coefficient (Wildman–Crippen LogP) is 3.49. The number of ether oxygens (including phenoxy) is 2. The second-order valence-corrected chi connectivity index (χ2v) is 5.09. The highest BCUT2D eigenvalue weighted by molar-refractivity contribution is 9.10. The summed E-state index contributed by atoms with van der Waals surface area (Å²) in [5.74, 6) is 1.64. The van der Waals surface area contributed by atoms with Gasteiger partial charge in [0.05, 0.1) is 11.9 Å². The van der Waals surface area contributed by atoms with E-state index in [1.807, 2.05) is 25.1 Å². The fraction of sp³-hybridized carbons (Fsp3) is 0.214. The van der Waals surface area contributed by atoms with E-state index in [2.05, 4.69) is 32.3 Å². The molecular formula is C14H13BrN2O2. The maximum Gasteiger partial charge on any atom is 0.231 e. The molecule has 4 nitrogen and oxygen atoms in total. The number of nitrogens with one attached hydrogen (secondary N) is 1. The number of nitrogens with zero attached hydrogens (tertiary/aromatic N) is 1. The van der Waals surface area contributed by atoms with Crippen molar-refractivity contribution in [2.24, 2.45) is 0 Å². The second kappa shape index (κ2) is 5.09. The summed E-state index contributed by atoms with van der Waals surface area (Å²) in [5, 5.41) is 3.34. The van der Waals surface area contributed by atoms with Gasteiger partial charge in [0.15, 0.2) is 11.5 Å². The summed E-state index contributed by atoms with van der Waals surface area (Å²) in [7, 11) is 0. The number of hydrogen-bond acceptors (Lipinski definition) is 4. The van der Waals surface area contributed by atoms with E-state index >= 15 is 0 Å². The smallest absolute Gasteiger partial charge is 0.231 e. The predicted molar refractivity (Wildman–Crippen MR) is 76.6 cm³/mol. The Morgan fingerprint density at radius 2 is 2.26 bits per heavy atom. The van der Waals surface area contributed by atoms with Gasteiger partial charge in [0.1, 0.15) is 4.60 Å². The number of aromatic nitrogens is 1. The van der Waals surface area contributed by atoms with Gasteiger partial charge in [0.25, 0.3) is 0 Å². The maximum absolute atomic E-state index is 5.48. The van der Waals surface area contributed by atoms with Gasteiger partial charge in [-0.1, -0.05) is 12.1 Å². The van der Waals surface area contributed by atoms with Crippen LogP contribution in [0.3, 0.4) is 0 Å². The van der Waals surface area contributed by atoms with Crippen LogP contribution in [0.5, 0.6) is 11.5 Å². The molecule has 19 heavy (non-hydrogen) atoms. The number of para-hydroxylation sites is 1. The number of aryl methyl sites for hydroxylation is 1. The molecule has 1 aromatic heterocycles. The molecular weight excluding hydrogens is 308 g/mol. The molecule has 1 aromatic carbocycles. The van der Waals surface area contributed by atoms with Gasteiger partial charge in [-0.2, -0.15) is 0 Å². The third-order valence-corrected chi connectivity index (χ3v) is 3.81. The highest BCUT2D eigenvalue weighted by Crippen LogP contribution is 2.35. The van der Waals surface area contributed by atoms with Crippen molar-refractivity contribution in [2.45, 2.75) is 13.5 Å². The molecule has 3 rings (SSSR count). The number of benzene rings is 1. The molecule has 98 valence electrons. The summed E-state index contributed by atoms with van der Waals surface area (Å²) in [6.45, 7) is 2.99. The van der Waals surface area contributed by atoms with Crippen molar-refractivity contribution >= 4 is 21.6 Å². The Balaban J connectivity index is 1.76. The fourth-order valence-corrected chi connectivity index (χ4v) is 2.20. The average Bonchev–Trinajstić information content (AvgIpc) is 2.89. The summed E-state index contributed by atoms with van der Waals surface area (Å²) >= 11 is 3.39. The van der Waals surface area contributed by atoms with Crippen LogP contribution in [0.1, 0.15) is 11.1 Å². The number of anilines is 1. The standard InChI is InChI=1S/C14H13BrN2O2/c1-9-5-11(7-17-14(9)15)16-6-10-3-2-4-12-13(10)19-8-18-12/h2-5,7,16H,6,8H2,1H3. The van der Waals surface area contributed by atoms with Gasteiger partial charge in [-0.25, -0.2) is 4.98 Å². The minimum atomic E-state index is 0.297. The zero-order valence-electron chi connectivity index (χ0n) is 10.4.